The van der Waals surface area contributed by atoms with Gasteiger partial charge in [0.25, 0.3) is 0 Å². The largest absolute Gasteiger partial charge is 0.504 e. The molecule has 1 heterocycles. The smallest absolute Gasteiger partial charge is 0.161 e. The standard InChI is InChI=1S/C17H23NO2/c1-20-17-12-13(7-8-16(17)19)11-14-5-2-3-6-15(14)18-9-4-10-18/h7-8,11-12,15,19H,2-6,9-10H2,1H3/b14-11+/t15-/m0/s1. The Morgan fingerprint density at radius 2 is 2.10 bits per heavy atom. The summed E-state index contributed by atoms with van der Waals surface area (Å²) < 4.78 is 5.19. The van der Waals surface area contributed by atoms with Crippen molar-refractivity contribution < 1.29 is 9.84 Å². The Bertz CT molecular complexity index is 506. The molecule has 3 nitrogen and oxygen atoms in total. The van der Waals surface area contributed by atoms with E-state index in [1.54, 1.807) is 18.7 Å². The first-order valence-corrected chi connectivity index (χ1v) is 7.59. The molecule has 2 fully saturated rings. The fourth-order valence-electron chi connectivity index (χ4n) is 3.25. The van der Waals surface area contributed by atoms with Crippen LogP contribution >= 0.6 is 0 Å². The second-order valence-corrected chi connectivity index (χ2v) is 5.80. The van der Waals surface area contributed by atoms with Crippen molar-refractivity contribution in [3.63, 3.8) is 0 Å². The van der Waals surface area contributed by atoms with Crippen molar-refractivity contribution in [1.29, 1.82) is 0 Å². The Kier molecular flexibility index (Phi) is 3.97. The molecule has 20 heavy (non-hydrogen) atoms. The van der Waals surface area contributed by atoms with Crippen LogP contribution in [-0.4, -0.2) is 36.2 Å². The number of phenolic OH excluding ortho intramolecular Hbond substituents is 1. The lowest BCUT2D eigenvalue weighted by Gasteiger charge is -2.42. The molecule has 3 rings (SSSR count). The van der Waals surface area contributed by atoms with Gasteiger partial charge in [0.05, 0.1) is 7.11 Å². The number of benzene rings is 1. The lowest BCUT2D eigenvalue weighted by atomic mass is 9.86. The molecule has 1 atom stereocenters. The SMILES string of the molecule is COc1cc(/C=C2\CCCC[C@@H]2N2CCC2)ccc1O. The van der Waals surface area contributed by atoms with E-state index in [1.807, 2.05) is 12.1 Å². The zero-order valence-corrected chi connectivity index (χ0v) is 12.1. The van der Waals surface area contributed by atoms with Gasteiger partial charge in [-0.25, -0.2) is 0 Å². The molecule has 3 heteroatoms. The minimum Gasteiger partial charge on any atom is -0.504 e. The average molecular weight is 273 g/mol. The molecule has 0 amide bonds. The van der Waals surface area contributed by atoms with Crippen LogP contribution < -0.4 is 4.74 Å². The van der Waals surface area contributed by atoms with Crippen LogP contribution in [0.15, 0.2) is 23.8 Å². The Morgan fingerprint density at radius 1 is 1.25 bits per heavy atom. The molecular formula is C17H23NO2. The molecule has 1 aromatic rings. The minimum absolute atomic E-state index is 0.206. The van der Waals surface area contributed by atoms with Gasteiger partial charge >= 0.3 is 0 Å². The summed E-state index contributed by atoms with van der Waals surface area (Å²) in [6.45, 7) is 2.50. The van der Waals surface area contributed by atoms with Crippen molar-refractivity contribution >= 4 is 6.08 Å². The summed E-state index contributed by atoms with van der Waals surface area (Å²) in [5, 5.41) is 9.67. The molecule has 1 aliphatic carbocycles. The van der Waals surface area contributed by atoms with Crippen molar-refractivity contribution in [2.45, 2.75) is 38.1 Å². The minimum atomic E-state index is 0.206. The maximum absolute atomic E-state index is 9.67. The molecule has 0 bridgehead atoms. The number of hydrogen-bond donors (Lipinski definition) is 1. The molecule has 1 saturated carbocycles. The molecule has 1 N–H and O–H groups in total. The van der Waals surface area contributed by atoms with E-state index in [-0.39, 0.29) is 5.75 Å². The van der Waals surface area contributed by atoms with Crippen molar-refractivity contribution in [3.05, 3.63) is 29.3 Å². The van der Waals surface area contributed by atoms with E-state index in [9.17, 15) is 5.11 Å². The van der Waals surface area contributed by atoms with Crippen LogP contribution in [0.1, 0.15) is 37.7 Å². The van der Waals surface area contributed by atoms with Gasteiger partial charge in [0.2, 0.25) is 0 Å². The van der Waals surface area contributed by atoms with Gasteiger partial charge in [-0.2, -0.15) is 0 Å². The molecular weight excluding hydrogens is 250 g/mol. The van der Waals surface area contributed by atoms with E-state index in [0.29, 0.717) is 11.8 Å². The number of ether oxygens (including phenoxy) is 1. The van der Waals surface area contributed by atoms with Crippen LogP contribution in [-0.2, 0) is 0 Å². The van der Waals surface area contributed by atoms with Crippen LogP contribution in [0.4, 0.5) is 0 Å². The van der Waals surface area contributed by atoms with Gasteiger partial charge in [0, 0.05) is 6.04 Å². The lowest BCUT2D eigenvalue weighted by Crippen LogP contribution is -2.46. The van der Waals surface area contributed by atoms with Crippen LogP contribution in [0.25, 0.3) is 6.08 Å². The Labute approximate surface area is 120 Å². The van der Waals surface area contributed by atoms with Gasteiger partial charge in [-0.3, -0.25) is 4.90 Å². The van der Waals surface area contributed by atoms with Crippen LogP contribution in [0.5, 0.6) is 11.5 Å². The summed E-state index contributed by atoms with van der Waals surface area (Å²) in [6, 6.07) is 6.24. The van der Waals surface area contributed by atoms with E-state index in [4.69, 9.17) is 4.74 Å². The lowest BCUT2D eigenvalue weighted by molar-refractivity contribution is 0.121. The zero-order chi connectivity index (χ0) is 13.9. The number of likely N-dealkylation sites (tertiary alicyclic amines) is 1. The summed E-state index contributed by atoms with van der Waals surface area (Å²) in [4.78, 5) is 2.60. The highest BCUT2D eigenvalue weighted by atomic mass is 16.5. The van der Waals surface area contributed by atoms with Gasteiger partial charge < -0.3 is 9.84 Å². The highest BCUT2D eigenvalue weighted by Gasteiger charge is 2.28. The first-order chi connectivity index (χ1) is 9.78. The molecule has 0 spiro atoms. The van der Waals surface area contributed by atoms with E-state index < -0.39 is 0 Å². The molecule has 0 radical (unpaired) electrons. The van der Waals surface area contributed by atoms with Crippen molar-refractivity contribution in [1.82, 2.24) is 4.90 Å². The molecule has 0 aromatic heterocycles. The van der Waals surface area contributed by atoms with Crippen LogP contribution in [0.3, 0.4) is 0 Å². The molecule has 1 aromatic carbocycles. The van der Waals surface area contributed by atoms with Crippen LogP contribution in [0, 0.1) is 0 Å². The quantitative estimate of drug-likeness (QED) is 0.915. The second kappa shape index (κ2) is 5.88. The second-order valence-electron chi connectivity index (χ2n) is 5.80. The number of rotatable bonds is 3. The Hall–Kier alpha value is -1.48. The normalized spacial score (nSPS) is 25.4. The highest BCUT2D eigenvalue weighted by Crippen LogP contribution is 2.33. The first-order valence-electron chi connectivity index (χ1n) is 7.59. The summed E-state index contributed by atoms with van der Waals surface area (Å²) in [6.07, 6.45) is 8.77. The number of phenols is 1. The third-order valence-corrected chi connectivity index (χ3v) is 4.51. The third-order valence-electron chi connectivity index (χ3n) is 4.51. The number of hydrogen-bond acceptors (Lipinski definition) is 3. The van der Waals surface area contributed by atoms with Gasteiger partial charge in [0.15, 0.2) is 11.5 Å². The molecule has 1 saturated heterocycles. The van der Waals surface area contributed by atoms with Crippen LogP contribution in [0.2, 0.25) is 0 Å². The fraction of sp³-hybridized carbons (Fsp3) is 0.529. The van der Waals surface area contributed by atoms with Crippen molar-refractivity contribution in [3.8, 4) is 11.5 Å². The molecule has 108 valence electrons. The van der Waals surface area contributed by atoms with E-state index >= 15 is 0 Å². The van der Waals surface area contributed by atoms with Crippen molar-refractivity contribution in [2.75, 3.05) is 20.2 Å². The summed E-state index contributed by atoms with van der Waals surface area (Å²) in [7, 11) is 1.59. The maximum atomic E-state index is 9.67. The average Bonchev–Trinajstić information content (AvgIpc) is 2.41. The Morgan fingerprint density at radius 3 is 2.80 bits per heavy atom. The molecule has 2 aliphatic rings. The van der Waals surface area contributed by atoms with E-state index in [1.165, 1.54) is 45.2 Å². The fourth-order valence-corrected chi connectivity index (χ4v) is 3.25. The summed E-state index contributed by atoms with van der Waals surface area (Å²) in [5.41, 5.74) is 2.67. The predicted octanol–water partition coefficient (Wildman–Crippen LogP) is 3.43. The van der Waals surface area contributed by atoms with Gasteiger partial charge in [-0.15, -0.1) is 0 Å². The summed E-state index contributed by atoms with van der Waals surface area (Å²) in [5.74, 6) is 0.758. The monoisotopic (exact) mass is 273 g/mol. The van der Waals surface area contributed by atoms with E-state index in [0.717, 1.165) is 5.56 Å². The van der Waals surface area contributed by atoms with Gasteiger partial charge in [-0.05, 0) is 56.5 Å². The number of aromatic hydroxyl groups is 1. The summed E-state index contributed by atoms with van der Waals surface area (Å²) >= 11 is 0. The topological polar surface area (TPSA) is 32.7 Å². The van der Waals surface area contributed by atoms with Gasteiger partial charge in [0.1, 0.15) is 0 Å². The van der Waals surface area contributed by atoms with Gasteiger partial charge in [-0.1, -0.05) is 24.1 Å². The predicted molar refractivity (Wildman–Crippen MR) is 81.1 cm³/mol. The van der Waals surface area contributed by atoms with E-state index in [2.05, 4.69) is 11.0 Å². The molecule has 1 aliphatic heterocycles. The number of methoxy groups -OCH3 is 1. The number of nitrogens with zero attached hydrogens (tertiary/aromatic N) is 1. The van der Waals surface area contributed by atoms with Crippen molar-refractivity contribution in [2.24, 2.45) is 0 Å². The maximum Gasteiger partial charge on any atom is 0.161 e. The third kappa shape index (κ3) is 2.68. The Balaban J connectivity index is 1.84. The molecule has 0 unspecified atom stereocenters. The first kappa shape index (κ1) is 13.5. The highest BCUT2D eigenvalue weighted by molar-refractivity contribution is 5.59. The zero-order valence-electron chi connectivity index (χ0n) is 12.1.